The Bertz CT molecular complexity index is 422. The van der Waals surface area contributed by atoms with E-state index >= 15 is 0 Å². The lowest BCUT2D eigenvalue weighted by Gasteiger charge is -2.34. The van der Waals surface area contributed by atoms with Crippen molar-refractivity contribution in [2.45, 2.75) is 25.6 Å². The van der Waals surface area contributed by atoms with Crippen molar-refractivity contribution in [2.24, 2.45) is 5.92 Å². The molecule has 2 rings (SSSR count). The molecule has 0 N–H and O–H groups in total. The largest absolute Gasteiger partial charge is 0.425 e. The molecular formula is C12H15F3O2Si. The van der Waals surface area contributed by atoms with E-state index in [4.69, 9.17) is 9.16 Å². The second-order valence-corrected chi connectivity index (χ2v) is 5.04. The molecule has 100 valence electrons. The van der Waals surface area contributed by atoms with Crippen LogP contribution in [0.25, 0.3) is 0 Å². The van der Waals surface area contributed by atoms with Gasteiger partial charge in [-0.15, -0.1) is 0 Å². The van der Waals surface area contributed by atoms with Crippen LogP contribution in [-0.4, -0.2) is 23.2 Å². The van der Waals surface area contributed by atoms with Crippen LogP contribution in [0.2, 0.25) is 0 Å². The Morgan fingerprint density at radius 2 is 1.78 bits per heavy atom. The van der Waals surface area contributed by atoms with Crippen LogP contribution in [0.4, 0.5) is 13.2 Å². The van der Waals surface area contributed by atoms with Crippen molar-refractivity contribution in [3.05, 3.63) is 35.1 Å². The van der Waals surface area contributed by atoms with Gasteiger partial charge in [-0.05, 0) is 24.8 Å². The second kappa shape index (κ2) is 5.86. The molecule has 1 aliphatic rings. The topological polar surface area (TPSA) is 18.5 Å². The Hall–Kier alpha value is -0.853. The zero-order valence-corrected chi connectivity index (χ0v) is 12.1. The molecule has 1 aromatic carbocycles. The molecule has 0 unspecified atom stereocenters. The minimum atomic E-state index is -1.18. The van der Waals surface area contributed by atoms with Gasteiger partial charge in [0, 0.05) is 17.7 Å². The van der Waals surface area contributed by atoms with Crippen LogP contribution < -0.4 is 0 Å². The third-order valence-corrected chi connectivity index (χ3v) is 3.89. The highest BCUT2D eigenvalue weighted by Crippen LogP contribution is 2.29. The highest BCUT2D eigenvalue weighted by atomic mass is 28.2. The van der Waals surface area contributed by atoms with E-state index in [-0.39, 0.29) is 12.2 Å². The van der Waals surface area contributed by atoms with Crippen LogP contribution in [-0.2, 0) is 15.8 Å². The summed E-state index contributed by atoms with van der Waals surface area (Å²) in [5.41, 5.74) is 0.0453. The van der Waals surface area contributed by atoms with Crippen LogP contribution in [0.15, 0.2) is 12.1 Å². The minimum absolute atomic E-state index is 0.0358. The molecule has 1 aromatic rings. The average molecular weight is 276 g/mol. The molecular weight excluding hydrogens is 261 g/mol. The summed E-state index contributed by atoms with van der Waals surface area (Å²) in [6.45, 7) is 0.464. The van der Waals surface area contributed by atoms with E-state index in [2.05, 4.69) is 0 Å². The fourth-order valence-electron chi connectivity index (χ4n) is 2.01. The fourth-order valence-corrected chi connectivity index (χ4v) is 2.40. The molecule has 0 heterocycles. The molecule has 0 radical (unpaired) electrons. The van der Waals surface area contributed by atoms with Crippen LogP contribution in [0.3, 0.4) is 0 Å². The lowest BCUT2D eigenvalue weighted by atomic mass is 9.83. The average Bonchev–Trinajstić information content (AvgIpc) is 2.28. The number of hydrogen-bond donors (Lipinski definition) is 0. The van der Waals surface area contributed by atoms with E-state index in [1.165, 1.54) is 0 Å². The smallest absolute Gasteiger partial charge is 0.161 e. The maximum atomic E-state index is 13.3. The van der Waals surface area contributed by atoms with Gasteiger partial charge in [0.25, 0.3) is 0 Å². The van der Waals surface area contributed by atoms with Gasteiger partial charge in [0.05, 0.1) is 13.2 Å². The van der Waals surface area contributed by atoms with Crippen molar-refractivity contribution in [1.82, 2.24) is 0 Å². The Labute approximate surface area is 107 Å². The minimum Gasteiger partial charge on any atom is -0.425 e. The van der Waals surface area contributed by atoms with Crippen molar-refractivity contribution in [1.29, 1.82) is 0 Å². The summed E-state index contributed by atoms with van der Waals surface area (Å²) in [6.07, 6.45) is 2.28. The standard InChI is InChI=1S/C12H15F3O2Si/c13-10-4-12(15)11(14)3-8(10)6-16-5-7-1-9(2-7)17-18/h3-4,7,9H,1-2,5-6H2,18H3/t7-,9+. The predicted octanol–water partition coefficient (Wildman–Crippen LogP) is 1.70. The highest BCUT2D eigenvalue weighted by Gasteiger charge is 2.28. The van der Waals surface area contributed by atoms with Gasteiger partial charge in [-0.1, -0.05) is 0 Å². The van der Waals surface area contributed by atoms with Crippen molar-refractivity contribution >= 4 is 10.5 Å². The summed E-state index contributed by atoms with van der Waals surface area (Å²) < 4.78 is 49.4. The molecule has 0 saturated heterocycles. The van der Waals surface area contributed by atoms with Crippen molar-refractivity contribution in [3.8, 4) is 0 Å². The summed E-state index contributed by atoms with van der Waals surface area (Å²) in [5.74, 6) is -2.58. The zero-order chi connectivity index (χ0) is 13.1. The normalized spacial score (nSPS) is 23.1. The summed E-state index contributed by atoms with van der Waals surface area (Å²) in [6, 6.07) is 1.39. The van der Waals surface area contributed by atoms with Gasteiger partial charge in [0.15, 0.2) is 11.6 Å². The van der Waals surface area contributed by atoms with Crippen molar-refractivity contribution in [3.63, 3.8) is 0 Å². The van der Waals surface area contributed by atoms with Gasteiger partial charge in [-0.3, -0.25) is 0 Å². The molecule has 1 aliphatic carbocycles. The highest BCUT2D eigenvalue weighted by molar-refractivity contribution is 5.98. The number of benzene rings is 1. The van der Waals surface area contributed by atoms with Crippen molar-refractivity contribution in [2.75, 3.05) is 6.61 Å². The van der Waals surface area contributed by atoms with E-state index < -0.39 is 17.5 Å². The molecule has 18 heavy (non-hydrogen) atoms. The summed E-state index contributed by atoms with van der Waals surface area (Å²) in [7, 11) is 0.739. The third-order valence-electron chi connectivity index (χ3n) is 3.23. The molecule has 0 bridgehead atoms. The lowest BCUT2D eigenvalue weighted by molar-refractivity contribution is -0.0000420. The van der Waals surface area contributed by atoms with Gasteiger partial charge in [0.1, 0.15) is 16.3 Å². The van der Waals surface area contributed by atoms with Gasteiger partial charge in [-0.2, -0.15) is 0 Å². The van der Waals surface area contributed by atoms with E-state index in [1.54, 1.807) is 0 Å². The Kier molecular flexibility index (Phi) is 4.42. The number of ether oxygens (including phenoxy) is 1. The summed E-state index contributed by atoms with van der Waals surface area (Å²) >= 11 is 0. The summed E-state index contributed by atoms with van der Waals surface area (Å²) in [4.78, 5) is 0. The van der Waals surface area contributed by atoms with Crippen LogP contribution >= 0.6 is 0 Å². The SMILES string of the molecule is Fc1cc(F)c(COC[C@H]2C[C@@H](O[SiH3])C2)cc1F. The zero-order valence-electron chi connectivity index (χ0n) is 10.1. The quantitative estimate of drug-likeness (QED) is 0.602. The fraction of sp³-hybridized carbons (Fsp3) is 0.500. The molecule has 0 aliphatic heterocycles. The maximum Gasteiger partial charge on any atom is 0.161 e. The lowest BCUT2D eigenvalue weighted by Crippen LogP contribution is -2.33. The first-order valence-corrected chi connectivity index (χ1v) is 6.65. The first kappa shape index (κ1) is 13.6. The van der Waals surface area contributed by atoms with E-state index in [9.17, 15) is 13.2 Å². The first-order chi connectivity index (χ1) is 8.60. The molecule has 0 aromatic heterocycles. The van der Waals surface area contributed by atoms with Crippen LogP contribution in [0.1, 0.15) is 18.4 Å². The van der Waals surface area contributed by atoms with Crippen molar-refractivity contribution < 1.29 is 22.3 Å². The molecule has 2 nitrogen and oxygen atoms in total. The number of rotatable bonds is 5. The first-order valence-electron chi connectivity index (χ1n) is 5.84. The van der Waals surface area contributed by atoms with Crippen LogP contribution in [0, 0.1) is 23.4 Å². The molecule has 0 spiro atoms. The van der Waals surface area contributed by atoms with Gasteiger partial charge in [0.2, 0.25) is 0 Å². The van der Waals surface area contributed by atoms with E-state index in [0.717, 1.165) is 29.4 Å². The predicted molar refractivity (Wildman–Crippen MR) is 63.5 cm³/mol. The van der Waals surface area contributed by atoms with Crippen LogP contribution in [0.5, 0.6) is 0 Å². The molecule has 0 atom stereocenters. The van der Waals surface area contributed by atoms with Gasteiger partial charge < -0.3 is 9.16 Å². The maximum absolute atomic E-state index is 13.3. The molecule has 0 amide bonds. The molecule has 6 heteroatoms. The molecule has 1 saturated carbocycles. The number of halogens is 3. The van der Waals surface area contributed by atoms with E-state index in [0.29, 0.717) is 24.7 Å². The van der Waals surface area contributed by atoms with E-state index in [1.807, 2.05) is 0 Å². The third kappa shape index (κ3) is 3.12. The summed E-state index contributed by atoms with van der Waals surface area (Å²) in [5, 5.41) is 0. The van der Waals surface area contributed by atoms with Gasteiger partial charge in [-0.25, -0.2) is 13.2 Å². The monoisotopic (exact) mass is 276 g/mol. The van der Waals surface area contributed by atoms with Gasteiger partial charge >= 0.3 is 0 Å². The molecule has 1 fully saturated rings. The Morgan fingerprint density at radius 1 is 1.11 bits per heavy atom. The Morgan fingerprint density at radius 3 is 2.44 bits per heavy atom. The second-order valence-electron chi connectivity index (χ2n) is 4.57. The Balaban J connectivity index is 1.79. The number of hydrogen-bond acceptors (Lipinski definition) is 2.